The molecule has 0 bridgehead atoms. The standard InChI is InChI=1S/C21H25NO4/c1-2-24-14-17-7-3-4-11-20(17)22-21(23)16-8-5-9-18(13-16)26-15-19-10-6-12-25-19/h3-5,7-9,11,13,19H,2,6,10,12,14-15H2,1H3,(H,22,23). The van der Waals surface area contributed by atoms with Crippen molar-refractivity contribution in [3.05, 3.63) is 59.7 Å². The number of hydrogen-bond donors (Lipinski definition) is 1. The minimum Gasteiger partial charge on any atom is -0.491 e. The first-order valence-electron chi connectivity index (χ1n) is 9.07. The summed E-state index contributed by atoms with van der Waals surface area (Å²) in [6.07, 6.45) is 2.26. The highest BCUT2D eigenvalue weighted by Crippen LogP contribution is 2.20. The van der Waals surface area contributed by atoms with E-state index >= 15 is 0 Å². The molecule has 2 aromatic carbocycles. The molecule has 2 aromatic rings. The van der Waals surface area contributed by atoms with Crippen LogP contribution in [0.1, 0.15) is 35.7 Å². The van der Waals surface area contributed by atoms with Gasteiger partial charge in [0, 0.05) is 30.0 Å². The number of carbonyl (C=O) groups excluding carboxylic acids is 1. The monoisotopic (exact) mass is 355 g/mol. The Morgan fingerprint density at radius 1 is 1.23 bits per heavy atom. The van der Waals surface area contributed by atoms with E-state index in [9.17, 15) is 4.79 Å². The van der Waals surface area contributed by atoms with E-state index in [1.54, 1.807) is 12.1 Å². The van der Waals surface area contributed by atoms with Crippen LogP contribution in [0.15, 0.2) is 48.5 Å². The fourth-order valence-electron chi connectivity index (χ4n) is 2.87. The van der Waals surface area contributed by atoms with Crippen LogP contribution in [0.2, 0.25) is 0 Å². The Kier molecular flexibility index (Phi) is 6.63. The van der Waals surface area contributed by atoms with E-state index in [1.165, 1.54) is 0 Å². The van der Waals surface area contributed by atoms with Crippen molar-refractivity contribution in [3.63, 3.8) is 0 Å². The Labute approximate surface area is 154 Å². The van der Waals surface area contributed by atoms with E-state index in [2.05, 4.69) is 5.32 Å². The minimum atomic E-state index is -0.170. The van der Waals surface area contributed by atoms with E-state index in [4.69, 9.17) is 14.2 Å². The van der Waals surface area contributed by atoms with Crippen LogP contribution in [0.3, 0.4) is 0 Å². The van der Waals surface area contributed by atoms with Crippen molar-refractivity contribution in [2.45, 2.75) is 32.5 Å². The highest BCUT2D eigenvalue weighted by Gasteiger charge is 2.16. The molecule has 1 saturated heterocycles. The summed E-state index contributed by atoms with van der Waals surface area (Å²) in [7, 11) is 0. The molecule has 1 atom stereocenters. The number of nitrogens with one attached hydrogen (secondary N) is 1. The van der Waals surface area contributed by atoms with E-state index in [-0.39, 0.29) is 12.0 Å². The SMILES string of the molecule is CCOCc1ccccc1NC(=O)c1cccc(OCC2CCCO2)c1. The quantitative estimate of drug-likeness (QED) is 0.777. The molecule has 1 amide bonds. The van der Waals surface area contributed by atoms with Crippen molar-refractivity contribution in [2.24, 2.45) is 0 Å². The highest BCUT2D eigenvalue weighted by atomic mass is 16.5. The van der Waals surface area contributed by atoms with Gasteiger partial charge in [-0.25, -0.2) is 0 Å². The molecule has 5 heteroatoms. The molecule has 3 rings (SSSR count). The number of hydrogen-bond acceptors (Lipinski definition) is 4. The van der Waals surface area contributed by atoms with E-state index in [0.29, 0.717) is 31.1 Å². The predicted molar refractivity (Wildman–Crippen MR) is 101 cm³/mol. The van der Waals surface area contributed by atoms with Gasteiger partial charge in [-0.3, -0.25) is 4.79 Å². The summed E-state index contributed by atoms with van der Waals surface area (Å²) in [5.41, 5.74) is 2.27. The maximum Gasteiger partial charge on any atom is 0.255 e. The molecule has 0 radical (unpaired) electrons. The van der Waals surface area contributed by atoms with Gasteiger partial charge in [-0.2, -0.15) is 0 Å². The zero-order chi connectivity index (χ0) is 18.2. The molecule has 138 valence electrons. The average molecular weight is 355 g/mol. The van der Waals surface area contributed by atoms with Gasteiger partial charge < -0.3 is 19.5 Å². The summed E-state index contributed by atoms with van der Waals surface area (Å²) < 4.78 is 16.8. The van der Waals surface area contributed by atoms with Gasteiger partial charge in [0.15, 0.2) is 0 Å². The van der Waals surface area contributed by atoms with Gasteiger partial charge in [0.1, 0.15) is 12.4 Å². The van der Waals surface area contributed by atoms with Crippen LogP contribution < -0.4 is 10.1 Å². The number of amides is 1. The molecule has 0 spiro atoms. The molecule has 5 nitrogen and oxygen atoms in total. The third kappa shape index (κ3) is 5.07. The summed E-state index contributed by atoms with van der Waals surface area (Å²) in [6.45, 7) is 4.37. The summed E-state index contributed by atoms with van der Waals surface area (Å²) in [5.74, 6) is 0.507. The molecule has 0 aliphatic carbocycles. The Morgan fingerprint density at radius 2 is 2.12 bits per heavy atom. The van der Waals surface area contributed by atoms with Crippen LogP contribution in [-0.4, -0.2) is 31.8 Å². The number of ether oxygens (including phenoxy) is 3. The molecule has 1 heterocycles. The Balaban J connectivity index is 1.63. The molecule has 1 N–H and O–H groups in total. The second-order valence-electron chi connectivity index (χ2n) is 6.22. The zero-order valence-corrected chi connectivity index (χ0v) is 15.1. The first-order chi connectivity index (χ1) is 12.8. The van der Waals surface area contributed by atoms with Gasteiger partial charge in [0.2, 0.25) is 0 Å². The maximum atomic E-state index is 12.6. The van der Waals surface area contributed by atoms with Crippen molar-refractivity contribution >= 4 is 11.6 Å². The summed E-state index contributed by atoms with van der Waals surface area (Å²) in [5, 5.41) is 2.96. The molecule has 0 saturated carbocycles. The number of para-hydroxylation sites is 1. The third-order valence-electron chi connectivity index (χ3n) is 4.28. The fraction of sp³-hybridized carbons (Fsp3) is 0.381. The van der Waals surface area contributed by atoms with Crippen molar-refractivity contribution in [1.29, 1.82) is 0 Å². The van der Waals surface area contributed by atoms with Crippen LogP contribution in [0.5, 0.6) is 5.75 Å². The van der Waals surface area contributed by atoms with Gasteiger partial charge in [-0.05, 0) is 44.0 Å². The lowest BCUT2D eigenvalue weighted by Gasteiger charge is -2.13. The second kappa shape index (κ2) is 9.36. The van der Waals surface area contributed by atoms with Crippen molar-refractivity contribution in [2.75, 3.05) is 25.1 Å². The summed E-state index contributed by atoms with van der Waals surface area (Å²) in [4.78, 5) is 12.6. The third-order valence-corrected chi connectivity index (χ3v) is 4.28. The summed E-state index contributed by atoms with van der Waals surface area (Å²) >= 11 is 0. The second-order valence-corrected chi connectivity index (χ2v) is 6.22. The van der Waals surface area contributed by atoms with Crippen LogP contribution in [0, 0.1) is 0 Å². The van der Waals surface area contributed by atoms with Gasteiger partial charge in [-0.1, -0.05) is 24.3 Å². The minimum absolute atomic E-state index is 0.151. The van der Waals surface area contributed by atoms with Crippen molar-refractivity contribution < 1.29 is 19.0 Å². The number of benzene rings is 2. The van der Waals surface area contributed by atoms with Crippen LogP contribution in [0.25, 0.3) is 0 Å². The van der Waals surface area contributed by atoms with Gasteiger partial charge in [0.05, 0.1) is 12.7 Å². The normalized spacial score (nSPS) is 16.4. The Morgan fingerprint density at radius 3 is 2.92 bits per heavy atom. The van der Waals surface area contributed by atoms with E-state index < -0.39 is 0 Å². The number of anilines is 1. The Bertz CT molecular complexity index is 725. The lowest BCUT2D eigenvalue weighted by atomic mass is 10.1. The number of rotatable bonds is 8. The van der Waals surface area contributed by atoms with Gasteiger partial charge >= 0.3 is 0 Å². The van der Waals surface area contributed by atoms with Crippen LogP contribution in [-0.2, 0) is 16.1 Å². The molecular formula is C21H25NO4. The first kappa shape index (κ1) is 18.4. The largest absolute Gasteiger partial charge is 0.491 e. The highest BCUT2D eigenvalue weighted by molar-refractivity contribution is 6.04. The fourth-order valence-corrected chi connectivity index (χ4v) is 2.87. The smallest absolute Gasteiger partial charge is 0.255 e. The van der Waals surface area contributed by atoms with Crippen LogP contribution in [0.4, 0.5) is 5.69 Å². The molecule has 0 aromatic heterocycles. The van der Waals surface area contributed by atoms with E-state index in [1.807, 2.05) is 43.3 Å². The van der Waals surface area contributed by atoms with Gasteiger partial charge in [0.25, 0.3) is 5.91 Å². The topological polar surface area (TPSA) is 56.8 Å². The molecule has 1 aliphatic heterocycles. The predicted octanol–water partition coefficient (Wildman–Crippen LogP) is 4.03. The zero-order valence-electron chi connectivity index (χ0n) is 15.1. The molecule has 1 aliphatic rings. The van der Waals surface area contributed by atoms with Gasteiger partial charge in [-0.15, -0.1) is 0 Å². The first-order valence-corrected chi connectivity index (χ1v) is 9.07. The molecule has 1 unspecified atom stereocenters. The summed E-state index contributed by atoms with van der Waals surface area (Å²) in [6, 6.07) is 14.9. The average Bonchev–Trinajstić information content (AvgIpc) is 3.19. The Hall–Kier alpha value is -2.37. The lowest BCUT2D eigenvalue weighted by molar-refractivity contribution is 0.0679. The molecule has 1 fully saturated rings. The lowest BCUT2D eigenvalue weighted by Crippen LogP contribution is -2.17. The van der Waals surface area contributed by atoms with Crippen LogP contribution >= 0.6 is 0 Å². The molecule has 26 heavy (non-hydrogen) atoms. The van der Waals surface area contributed by atoms with Crippen molar-refractivity contribution in [3.8, 4) is 5.75 Å². The molecular weight excluding hydrogens is 330 g/mol. The maximum absolute atomic E-state index is 12.6. The number of carbonyl (C=O) groups is 1. The van der Waals surface area contributed by atoms with E-state index in [0.717, 1.165) is 30.7 Å². The van der Waals surface area contributed by atoms with Crippen molar-refractivity contribution in [1.82, 2.24) is 0 Å².